The summed E-state index contributed by atoms with van der Waals surface area (Å²) in [6.45, 7) is 11.1. The number of ether oxygens (including phenoxy) is 1. The van der Waals surface area contributed by atoms with Gasteiger partial charge in [0.15, 0.2) is 0 Å². The van der Waals surface area contributed by atoms with E-state index in [1.54, 1.807) is 0 Å². The maximum Gasteiger partial charge on any atom is 0.306 e. The lowest BCUT2D eigenvalue weighted by Gasteiger charge is -2.23. The Labute approximate surface area is 192 Å². The molecule has 2 aromatic rings. The Balaban J connectivity index is 2.16. The fourth-order valence-electron chi connectivity index (χ4n) is 3.69. The molecule has 4 heteroatoms. The Bertz CT molecular complexity index is 850. The molecular weight excluding hydrogens is 408 g/mol. The molecule has 0 radical (unpaired) electrons. The van der Waals surface area contributed by atoms with Crippen molar-refractivity contribution in [1.82, 2.24) is 0 Å². The van der Waals surface area contributed by atoms with E-state index in [-0.39, 0.29) is 17.1 Å². The number of halogens is 1. The van der Waals surface area contributed by atoms with Crippen LogP contribution in [0.5, 0.6) is 5.75 Å². The average molecular weight is 445 g/mol. The van der Waals surface area contributed by atoms with Gasteiger partial charge in [-0.1, -0.05) is 83.7 Å². The number of rotatable bonds is 10. The van der Waals surface area contributed by atoms with Crippen LogP contribution in [0.2, 0.25) is 5.02 Å². The van der Waals surface area contributed by atoms with E-state index in [2.05, 4.69) is 34.6 Å². The van der Waals surface area contributed by atoms with Crippen molar-refractivity contribution in [2.24, 2.45) is 5.92 Å². The number of phenols is 1. The number of hydrogen-bond donors (Lipinski definition) is 1. The predicted octanol–water partition coefficient (Wildman–Crippen LogP) is 7.70. The number of esters is 1. The first-order valence-electron chi connectivity index (χ1n) is 11.4. The molecule has 0 amide bonds. The highest BCUT2D eigenvalue weighted by Gasteiger charge is 2.22. The van der Waals surface area contributed by atoms with Crippen molar-refractivity contribution in [1.29, 1.82) is 0 Å². The van der Waals surface area contributed by atoms with Crippen LogP contribution in [0, 0.1) is 5.92 Å². The molecule has 1 atom stereocenters. The smallest absolute Gasteiger partial charge is 0.306 e. The first-order chi connectivity index (χ1) is 14.7. The number of phenolic OH excluding ortho intramolecular Hbond substituents is 1. The van der Waals surface area contributed by atoms with Gasteiger partial charge in [0.2, 0.25) is 0 Å². The second kappa shape index (κ2) is 11.6. The number of unbranched alkanes of at least 4 members (excludes halogenated alkanes) is 1. The summed E-state index contributed by atoms with van der Waals surface area (Å²) in [4.78, 5) is 12.4. The second-order valence-corrected chi connectivity index (χ2v) is 9.83. The van der Waals surface area contributed by atoms with E-state index < -0.39 is 0 Å². The van der Waals surface area contributed by atoms with Crippen LogP contribution in [0.15, 0.2) is 36.4 Å². The molecule has 0 aliphatic heterocycles. The molecule has 0 saturated heterocycles. The molecule has 0 aliphatic carbocycles. The van der Waals surface area contributed by atoms with Crippen molar-refractivity contribution in [2.45, 2.75) is 78.6 Å². The molecule has 1 N–H and O–H groups in total. The highest BCUT2D eigenvalue weighted by molar-refractivity contribution is 6.30. The van der Waals surface area contributed by atoms with Crippen molar-refractivity contribution in [3.05, 3.63) is 52.5 Å². The van der Waals surface area contributed by atoms with Gasteiger partial charge in [-0.2, -0.15) is 0 Å². The summed E-state index contributed by atoms with van der Waals surface area (Å²) in [7, 11) is 0. The zero-order valence-corrected chi connectivity index (χ0v) is 20.4. The van der Waals surface area contributed by atoms with E-state index in [0.29, 0.717) is 30.4 Å². The standard InChI is InChI=1S/C27H37ClO3/c1-6-8-9-19(7-2)18-31-25(29)15-10-20-16-23(21-11-13-22(28)14-12-21)26(30)24(17-20)27(3,4)5/h11-14,16-17,19,30H,6-10,15,18H2,1-5H3. The molecule has 0 bridgehead atoms. The molecular formula is C27H37ClO3. The minimum absolute atomic E-state index is 0.159. The first-order valence-corrected chi connectivity index (χ1v) is 11.8. The van der Waals surface area contributed by atoms with Crippen molar-refractivity contribution in [2.75, 3.05) is 6.61 Å². The number of carbonyl (C=O) groups is 1. The van der Waals surface area contributed by atoms with Gasteiger partial charge in [0.05, 0.1) is 6.61 Å². The topological polar surface area (TPSA) is 46.5 Å². The van der Waals surface area contributed by atoms with Crippen LogP contribution in [-0.2, 0) is 21.4 Å². The van der Waals surface area contributed by atoms with E-state index in [4.69, 9.17) is 16.3 Å². The fraction of sp³-hybridized carbons (Fsp3) is 0.519. The zero-order chi connectivity index (χ0) is 23.0. The molecule has 2 rings (SSSR count). The zero-order valence-electron chi connectivity index (χ0n) is 19.6. The molecule has 0 saturated carbocycles. The summed E-state index contributed by atoms with van der Waals surface area (Å²) in [6, 6.07) is 11.4. The number of hydrogen-bond acceptors (Lipinski definition) is 3. The SMILES string of the molecule is CCCCC(CC)COC(=O)CCc1cc(-c2ccc(Cl)cc2)c(O)c(C(C)(C)C)c1. The quantitative estimate of drug-likeness (QED) is 0.382. The van der Waals surface area contributed by atoms with Crippen LogP contribution in [-0.4, -0.2) is 17.7 Å². The molecule has 0 aromatic heterocycles. The van der Waals surface area contributed by atoms with Crippen molar-refractivity contribution >= 4 is 17.6 Å². The lowest BCUT2D eigenvalue weighted by atomic mass is 9.82. The van der Waals surface area contributed by atoms with Gasteiger partial charge in [0, 0.05) is 22.6 Å². The van der Waals surface area contributed by atoms with Crippen LogP contribution >= 0.6 is 11.6 Å². The molecule has 31 heavy (non-hydrogen) atoms. The molecule has 0 aliphatic rings. The van der Waals surface area contributed by atoms with Crippen LogP contribution in [0.1, 0.15) is 77.8 Å². The van der Waals surface area contributed by atoms with Gasteiger partial charge in [-0.3, -0.25) is 4.79 Å². The maximum atomic E-state index is 12.4. The Morgan fingerprint density at radius 1 is 1.13 bits per heavy atom. The molecule has 170 valence electrons. The van der Waals surface area contributed by atoms with E-state index in [0.717, 1.165) is 41.5 Å². The summed E-state index contributed by atoms with van der Waals surface area (Å²) in [6.07, 6.45) is 5.39. The van der Waals surface area contributed by atoms with Crippen LogP contribution in [0.3, 0.4) is 0 Å². The second-order valence-electron chi connectivity index (χ2n) is 9.40. The van der Waals surface area contributed by atoms with E-state index in [1.165, 1.54) is 6.42 Å². The van der Waals surface area contributed by atoms with Gasteiger partial charge in [0.25, 0.3) is 0 Å². The monoisotopic (exact) mass is 444 g/mol. The number of aryl methyl sites for hydroxylation is 1. The van der Waals surface area contributed by atoms with E-state index in [9.17, 15) is 9.90 Å². The Morgan fingerprint density at radius 2 is 1.81 bits per heavy atom. The fourth-order valence-corrected chi connectivity index (χ4v) is 3.81. The normalized spacial score (nSPS) is 12.6. The third kappa shape index (κ3) is 7.57. The number of aromatic hydroxyl groups is 1. The summed E-state index contributed by atoms with van der Waals surface area (Å²) < 4.78 is 5.56. The third-order valence-corrected chi connectivity index (χ3v) is 6.03. The average Bonchev–Trinajstić information content (AvgIpc) is 2.73. The first kappa shape index (κ1) is 25.3. The Kier molecular flexibility index (Phi) is 9.43. The lowest BCUT2D eigenvalue weighted by molar-refractivity contribution is -0.145. The molecule has 1 unspecified atom stereocenters. The number of carbonyl (C=O) groups excluding carboxylic acids is 1. The highest BCUT2D eigenvalue weighted by Crippen LogP contribution is 2.40. The Hall–Kier alpha value is -2.00. The van der Waals surface area contributed by atoms with Gasteiger partial charge in [0.1, 0.15) is 5.75 Å². The lowest BCUT2D eigenvalue weighted by Crippen LogP contribution is -2.15. The van der Waals surface area contributed by atoms with E-state index in [1.807, 2.05) is 36.4 Å². The van der Waals surface area contributed by atoms with Crippen molar-refractivity contribution in [3.63, 3.8) is 0 Å². The minimum atomic E-state index is -0.227. The minimum Gasteiger partial charge on any atom is -0.507 e. The van der Waals surface area contributed by atoms with Crippen molar-refractivity contribution in [3.8, 4) is 16.9 Å². The van der Waals surface area contributed by atoms with Gasteiger partial charge in [-0.15, -0.1) is 0 Å². The van der Waals surface area contributed by atoms with Crippen LogP contribution in [0.4, 0.5) is 0 Å². The predicted molar refractivity (Wildman–Crippen MR) is 130 cm³/mol. The van der Waals surface area contributed by atoms with Gasteiger partial charge >= 0.3 is 5.97 Å². The largest absolute Gasteiger partial charge is 0.507 e. The molecule has 0 fully saturated rings. The van der Waals surface area contributed by atoms with Gasteiger partial charge < -0.3 is 9.84 Å². The third-order valence-electron chi connectivity index (χ3n) is 5.77. The van der Waals surface area contributed by atoms with Crippen LogP contribution < -0.4 is 0 Å². The summed E-state index contributed by atoms with van der Waals surface area (Å²) in [5.41, 5.74) is 3.32. The van der Waals surface area contributed by atoms with Gasteiger partial charge in [-0.25, -0.2) is 0 Å². The highest BCUT2D eigenvalue weighted by atomic mass is 35.5. The van der Waals surface area contributed by atoms with Crippen LogP contribution in [0.25, 0.3) is 11.1 Å². The summed E-state index contributed by atoms with van der Waals surface area (Å²) >= 11 is 6.04. The molecule has 3 nitrogen and oxygen atoms in total. The molecule has 0 spiro atoms. The molecule has 2 aromatic carbocycles. The summed E-state index contributed by atoms with van der Waals surface area (Å²) in [5, 5.41) is 11.6. The number of benzene rings is 2. The van der Waals surface area contributed by atoms with Gasteiger partial charge in [-0.05, 0) is 53.5 Å². The van der Waals surface area contributed by atoms with Crippen molar-refractivity contribution < 1.29 is 14.6 Å². The molecule has 0 heterocycles. The summed E-state index contributed by atoms with van der Waals surface area (Å²) in [5.74, 6) is 0.567. The van der Waals surface area contributed by atoms with E-state index >= 15 is 0 Å². The Morgan fingerprint density at radius 3 is 2.39 bits per heavy atom. The maximum absolute atomic E-state index is 12.4.